The minimum absolute atomic E-state index is 0.0624. The molecule has 1 amide bonds. The molecule has 0 aliphatic heterocycles. The van der Waals surface area contributed by atoms with Gasteiger partial charge in [0.05, 0.1) is 14.2 Å². The van der Waals surface area contributed by atoms with E-state index in [0.29, 0.717) is 37.4 Å². The fourth-order valence-electron chi connectivity index (χ4n) is 1.94. The lowest BCUT2D eigenvalue weighted by atomic mass is 10.1. The Morgan fingerprint density at radius 3 is 2.70 bits per heavy atom. The van der Waals surface area contributed by atoms with Crippen molar-refractivity contribution in [2.24, 2.45) is 5.73 Å². The van der Waals surface area contributed by atoms with Crippen LogP contribution in [0.25, 0.3) is 0 Å². The quantitative estimate of drug-likeness (QED) is 0.705. The van der Waals surface area contributed by atoms with Crippen molar-refractivity contribution in [3.63, 3.8) is 0 Å². The number of carbonyl (C=O) groups excluding carboxylic acids is 1. The van der Waals surface area contributed by atoms with E-state index in [1.54, 1.807) is 20.3 Å². The van der Waals surface area contributed by atoms with Crippen LogP contribution in [0.15, 0.2) is 24.8 Å². The largest absolute Gasteiger partial charge is 0.493 e. The van der Waals surface area contributed by atoms with E-state index in [0.717, 1.165) is 11.1 Å². The molecule has 20 heavy (non-hydrogen) atoms. The summed E-state index contributed by atoms with van der Waals surface area (Å²) in [5.74, 6) is 1.28. The number of carbonyl (C=O) groups is 1. The van der Waals surface area contributed by atoms with Crippen molar-refractivity contribution in [2.75, 3.05) is 20.8 Å². The van der Waals surface area contributed by atoms with Gasteiger partial charge in [-0.15, -0.1) is 6.58 Å². The Labute approximate surface area is 119 Å². The van der Waals surface area contributed by atoms with Crippen LogP contribution in [0.4, 0.5) is 0 Å². The topological polar surface area (TPSA) is 73.6 Å². The van der Waals surface area contributed by atoms with E-state index >= 15 is 0 Å². The van der Waals surface area contributed by atoms with E-state index in [9.17, 15) is 4.79 Å². The molecule has 110 valence electrons. The number of nitrogens with two attached hydrogens (primary N) is 1. The van der Waals surface area contributed by atoms with Crippen LogP contribution in [0.3, 0.4) is 0 Å². The fraction of sp³-hybridized carbons (Fsp3) is 0.400. The summed E-state index contributed by atoms with van der Waals surface area (Å²) in [4.78, 5) is 11.4. The monoisotopic (exact) mass is 278 g/mol. The molecule has 5 heteroatoms. The first-order chi connectivity index (χ1) is 9.65. The molecule has 1 aromatic carbocycles. The van der Waals surface area contributed by atoms with Crippen molar-refractivity contribution in [1.82, 2.24) is 5.32 Å². The first-order valence-corrected chi connectivity index (χ1v) is 6.47. The summed E-state index contributed by atoms with van der Waals surface area (Å²) in [7, 11) is 3.19. The van der Waals surface area contributed by atoms with Gasteiger partial charge in [-0.3, -0.25) is 4.79 Å². The van der Waals surface area contributed by atoms with Gasteiger partial charge in [0, 0.05) is 25.1 Å². The third kappa shape index (κ3) is 4.28. The van der Waals surface area contributed by atoms with E-state index < -0.39 is 0 Å². The van der Waals surface area contributed by atoms with E-state index in [4.69, 9.17) is 15.2 Å². The molecule has 0 fully saturated rings. The van der Waals surface area contributed by atoms with E-state index in [1.165, 1.54) is 0 Å². The number of hydrogen-bond donors (Lipinski definition) is 2. The maximum Gasteiger partial charge on any atom is 0.221 e. The summed E-state index contributed by atoms with van der Waals surface area (Å²) in [6.07, 6.45) is 2.80. The third-order valence-electron chi connectivity index (χ3n) is 2.84. The second-order valence-corrected chi connectivity index (χ2v) is 4.30. The van der Waals surface area contributed by atoms with Gasteiger partial charge in [-0.1, -0.05) is 6.08 Å². The third-order valence-corrected chi connectivity index (χ3v) is 2.84. The average molecular weight is 278 g/mol. The number of rotatable bonds is 8. The van der Waals surface area contributed by atoms with E-state index in [1.807, 2.05) is 12.1 Å². The maximum absolute atomic E-state index is 11.4. The number of nitrogens with one attached hydrogen (secondary N) is 1. The molecule has 0 heterocycles. The number of hydrogen-bond acceptors (Lipinski definition) is 4. The molecule has 0 radical (unpaired) electrons. The fourth-order valence-corrected chi connectivity index (χ4v) is 1.94. The van der Waals surface area contributed by atoms with Crippen LogP contribution in [-0.2, 0) is 17.8 Å². The molecule has 0 aliphatic carbocycles. The zero-order chi connectivity index (χ0) is 15.0. The minimum Gasteiger partial charge on any atom is -0.493 e. The molecule has 0 unspecified atom stereocenters. The van der Waals surface area contributed by atoms with Gasteiger partial charge in [0.15, 0.2) is 11.5 Å². The summed E-state index contributed by atoms with van der Waals surface area (Å²) >= 11 is 0. The minimum atomic E-state index is -0.0624. The maximum atomic E-state index is 11.4. The second kappa shape index (κ2) is 8.22. The van der Waals surface area contributed by atoms with Crippen molar-refractivity contribution in [1.29, 1.82) is 0 Å². The lowest BCUT2D eigenvalue weighted by Crippen LogP contribution is -2.25. The number of allylic oxidation sites excluding steroid dienone is 1. The summed E-state index contributed by atoms with van der Waals surface area (Å²) in [5.41, 5.74) is 7.26. The summed E-state index contributed by atoms with van der Waals surface area (Å²) < 4.78 is 10.7. The van der Waals surface area contributed by atoms with Crippen LogP contribution in [0.2, 0.25) is 0 Å². The zero-order valence-corrected chi connectivity index (χ0v) is 12.1. The lowest BCUT2D eigenvalue weighted by Gasteiger charge is -2.14. The van der Waals surface area contributed by atoms with Crippen molar-refractivity contribution in [3.8, 4) is 11.5 Å². The van der Waals surface area contributed by atoms with Gasteiger partial charge in [-0.05, 0) is 24.1 Å². The van der Waals surface area contributed by atoms with Crippen LogP contribution < -0.4 is 20.5 Å². The summed E-state index contributed by atoms with van der Waals surface area (Å²) in [6.45, 7) is 4.52. The molecule has 0 saturated heterocycles. The predicted molar refractivity (Wildman–Crippen MR) is 79.0 cm³/mol. The summed E-state index contributed by atoms with van der Waals surface area (Å²) in [5, 5.41) is 2.82. The van der Waals surface area contributed by atoms with Gasteiger partial charge < -0.3 is 20.5 Å². The van der Waals surface area contributed by atoms with Crippen LogP contribution in [0.1, 0.15) is 17.5 Å². The molecular formula is C15H22N2O3. The SMILES string of the molecule is C=CCc1cc(CNC(=O)CCN)cc(OC)c1OC. The van der Waals surface area contributed by atoms with Gasteiger partial charge in [-0.25, -0.2) is 0 Å². The average Bonchev–Trinajstić information content (AvgIpc) is 2.45. The molecule has 0 saturated carbocycles. The van der Waals surface area contributed by atoms with Gasteiger partial charge in [-0.2, -0.15) is 0 Å². The molecule has 3 N–H and O–H groups in total. The Balaban J connectivity index is 2.93. The van der Waals surface area contributed by atoms with Crippen molar-refractivity contribution in [2.45, 2.75) is 19.4 Å². The highest BCUT2D eigenvalue weighted by atomic mass is 16.5. The van der Waals surface area contributed by atoms with Gasteiger partial charge in [0.25, 0.3) is 0 Å². The lowest BCUT2D eigenvalue weighted by molar-refractivity contribution is -0.121. The zero-order valence-electron chi connectivity index (χ0n) is 12.1. The highest BCUT2D eigenvalue weighted by Crippen LogP contribution is 2.33. The number of methoxy groups -OCH3 is 2. The molecule has 0 spiro atoms. The Bertz CT molecular complexity index is 472. The van der Waals surface area contributed by atoms with Crippen molar-refractivity contribution < 1.29 is 14.3 Å². The van der Waals surface area contributed by atoms with E-state index in [2.05, 4.69) is 11.9 Å². The molecule has 0 atom stereocenters. The highest BCUT2D eigenvalue weighted by Gasteiger charge is 2.12. The molecule has 0 aromatic heterocycles. The highest BCUT2D eigenvalue weighted by molar-refractivity contribution is 5.76. The van der Waals surface area contributed by atoms with Crippen molar-refractivity contribution >= 4 is 5.91 Å². The molecule has 0 bridgehead atoms. The van der Waals surface area contributed by atoms with Gasteiger partial charge >= 0.3 is 0 Å². The molecule has 1 rings (SSSR count). The Kier molecular flexibility index (Phi) is 6.59. The molecular weight excluding hydrogens is 256 g/mol. The number of benzene rings is 1. The molecule has 0 aliphatic rings. The second-order valence-electron chi connectivity index (χ2n) is 4.30. The van der Waals surface area contributed by atoms with Gasteiger partial charge in [0.2, 0.25) is 5.91 Å². The standard InChI is InChI=1S/C15H22N2O3/c1-4-5-12-8-11(10-17-14(18)6-7-16)9-13(19-2)15(12)20-3/h4,8-9H,1,5-7,10,16H2,2-3H3,(H,17,18). The first kappa shape index (κ1) is 16.0. The smallest absolute Gasteiger partial charge is 0.221 e. The molecule has 5 nitrogen and oxygen atoms in total. The van der Waals surface area contributed by atoms with Crippen LogP contribution >= 0.6 is 0 Å². The Morgan fingerprint density at radius 1 is 1.40 bits per heavy atom. The number of ether oxygens (including phenoxy) is 2. The van der Waals surface area contributed by atoms with Crippen LogP contribution in [0.5, 0.6) is 11.5 Å². The van der Waals surface area contributed by atoms with Crippen molar-refractivity contribution in [3.05, 3.63) is 35.9 Å². The van der Waals surface area contributed by atoms with Gasteiger partial charge in [0.1, 0.15) is 0 Å². The Morgan fingerprint density at radius 2 is 2.15 bits per heavy atom. The van der Waals surface area contributed by atoms with Crippen LogP contribution in [0, 0.1) is 0 Å². The normalized spacial score (nSPS) is 9.95. The predicted octanol–water partition coefficient (Wildman–Crippen LogP) is 1.40. The Hall–Kier alpha value is -2.01. The first-order valence-electron chi connectivity index (χ1n) is 6.47. The molecule has 1 aromatic rings. The summed E-state index contributed by atoms with van der Waals surface area (Å²) in [6, 6.07) is 3.83. The van der Waals surface area contributed by atoms with E-state index in [-0.39, 0.29) is 5.91 Å². The number of amides is 1. The van der Waals surface area contributed by atoms with Crippen LogP contribution in [-0.4, -0.2) is 26.7 Å².